The minimum atomic E-state index is -3.34. The second-order valence-electron chi connectivity index (χ2n) is 6.13. The van der Waals surface area contributed by atoms with Crippen molar-refractivity contribution in [2.24, 2.45) is 4.99 Å². The van der Waals surface area contributed by atoms with Gasteiger partial charge in [-0.25, -0.2) is 8.42 Å². The smallest absolute Gasteiger partial charge is 0.229 e. The molecular weight excluding hydrogens is 364 g/mol. The quantitative estimate of drug-likeness (QED) is 0.498. The van der Waals surface area contributed by atoms with E-state index in [2.05, 4.69) is 20.3 Å². The lowest BCUT2D eigenvalue weighted by Crippen LogP contribution is -2.36. The SMILES string of the molecule is CN=C(NCc1ccccc1NS(C)(=O)=O)NCc1ccc(C)cc1OC. The Bertz CT molecular complexity index is 911. The molecule has 8 heteroatoms. The molecule has 0 saturated heterocycles. The molecule has 0 radical (unpaired) electrons. The molecule has 0 bridgehead atoms. The number of aliphatic imine (C=N–C) groups is 1. The van der Waals surface area contributed by atoms with Gasteiger partial charge in [0.15, 0.2) is 5.96 Å². The standard InChI is InChI=1S/C19H26N4O3S/c1-14-9-10-16(18(11-14)26-3)13-22-19(20-2)21-12-15-7-5-6-8-17(15)23-27(4,24)25/h5-11,23H,12-13H2,1-4H3,(H2,20,21,22). The molecule has 0 saturated carbocycles. The molecule has 0 amide bonds. The van der Waals surface area contributed by atoms with Crippen LogP contribution in [-0.2, 0) is 23.1 Å². The van der Waals surface area contributed by atoms with Gasteiger partial charge in [0.2, 0.25) is 10.0 Å². The number of hydrogen-bond acceptors (Lipinski definition) is 4. The summed E-state index contributed by atoms with van der Waals surface area (Å²) in [4.78, 5) is 4.21. The first-order valence-electron chi connectivity index (χ1n) is 8.46. The summed E-state index contributed by atoms with van der Waals surface area (Å²) in [5, 5.41) is 6.43. The predicted molar refractivity (Wildman–Crippen MR) is 110 cm³/mol. The molecule has 7 nitrogen and oxygen atoms in total. The summed E-state index contributed by atoms with van der Waals surface area (Å²) in [7, 11) is -0.00608. The average Bonchev–Trinajstić information content (AvgIpc) is 2.62. The van der Waals surface area contributed by atoms with Crippen molar-refractivity contribution in [3.8, 4) is 5.75 Å². The summed E-state index contributed by atoms with van der Waals surface area (Å²) < 4.78 is 31.0. The lowest BCUT2D eigenvalue weighted by atomic mass is 10.1. The van der Waals surface area contributed by atoms with Gasteiger partial charge < -0.3 is 15.4 Å². The van der Waals surface area contributed by atoms with E-state index in [0.717, 1.165) is 28.7 Å². The molecule has 27 heavy (non-hydrogen) atoms. The molecule has 2 aromatic carbocycles. The zero-order chi connectivity index (χ0) is 19.9. The van der Waals surface area contributed by atoms with Gasteiger partial charge in [0, 0.05) is 25.7 Å². The molecule has 0 aliphatic heterocycles. The third-order valence-corrected chi connectivity index (χ3v) is 4.46. The maximum atomic E-state index is 11.5. The summed E-state index contributed by atoms with van der Waals surface area (Å²) in [6, 6.07) is 13.3. The van der Waals surface area contributed by atoms with Crippen LogP contribution in [0, 0.1) is 6.92 Å². The molecule has 0 aromatic heterocycles. The van der Waals surface area contributed by atoms with Crippen molar-refractivity contribution in [3.05, 3.63) is 59.2 Å². The Morgan fingerprint density at radius 1 is 1.07 bits per heavy atom. The van der Waals surface area contributed by atoms with Crippen LogP contribution in [0.5, 0.6) is 5.75 Å². The minimum absolute atomic E-state index is 0.420. The highest BCUT2D eigenvalue weighted by Crippen LogP contribution is 2.19. The van der Waals surface area contributed by atoms with Gasteiger partial charge in [0.05, 0.1) is 19.1 Å². The van der Waals surface area contributed by atoms with Crippen molar-refractivity contribution in [2.45, 2.75) is 20.0 Å². The van der Waals surface area contributed by atoms with Crippen molar-refractivity contribution < 1.29 is 13.2 Å². The molecule has 0 atom stereocenters. The third kappa shape index (κ3) is 6.49. The Hall–Kier alpha value is -2.74. The van der Waals surface area contributed by atoms with Gasteiger partial charge in [0.25, 0.3) is 0 Å². The number of hydrogen-bond donors (Lipinski definition) is 3. The minimum Gasteiger partial charge on any atom is -0.496 e. The van der Waals surface area contributed by atoms with Gasteiger partial charge in [0.1, 0.15) is 5.75 Å². The predicted octanol–water partition coefficient (Wildman–Crippen LogP) is 2.24. The Labute approximate surface area is 160 Å². The number of guanidine groups is 1. The Morgan fingerprint density at radius 3 is 2.37 bits per heavy atom. The molecular formula is C19H26N4O3S. The number of benzene rings is 2. The topological polar surface area (TPSA) is 91.8 Å². The maximum absolute atomic E-state index is 11.5. The van der Waals surface area contributed by atoms with Gasteiger partial charge in [-0.1, -0.05) is 30.3 Å². The highest BCUT2D eigenvalue weighted by atomic mass is 32.2. The van der Waals surface area contributed by atoms with E-state index in [1.807, 2.05) is 37.3 Å². The molecule has 0 heterocycles. The first kappa shape index (κ1) is 20.6. The van der Waals surface area contributed by atoms with E-state index in [1.165, 1.54) is 0 Å². The highest BCUT2D eigenvalue weighted by Gasteiger charge is 2.08. The van der Waals surface area contributed by atoms with Gasteiger partial charge in [-0.05, 0) is 30.2 Å². The first-order chi connectivity index (χ1) is 12.8. The number of aryl methyl sites for hydroxylation is 1. The van der Waals surface area contributed by atoms with Crippen molar-refractivity contribution >= 4 is 21.7 Å². The highest BCUT2D eigenvalue weighted by molar-refractivity contribution is 7.92. The maximum Gasteiger partial charge on any atom is 0.229 e. The third-order valence-electron chi connectivity index (χ3n) is 3.87. The number of ether oxygens (including phenoxy) is 1. The van der Waals surface area contributed by atoms with Crippen LogP contribution in [-0.4, -0.2) is 34.8 Å². The second kappa shape index (κ2) is 9.27. The molecule has 0 fully saturated rings. The number of nitrogens with one attached hydrogen (secondary N) is 3. The molecule has 2 rings (SSSR count). The number of rotatable bonds is 7. The van der Waals surface area contributed by atoms with E-state index in [0.29, 0.717) is 24.7 Å². The molecule has 0 aliphatic rings. The van der Waals surface area contributed by atoms with E-state index >= 15 is 0 Å². The zero-order valence-corrected chi connectivity index (χ0v) is 16.9. The van der Waals surface area contributed by atoms with Gasteiger partial charge in [-0.15, -0.1) is 0 Å². The summed E-state index contributed by atoms with van der Waals surface area (Å²) in [6.45, 7) is 2.98. The van der Waals surface area contributed by atoms with Gasteiger partial charge in [-0.2, -0.15) is 0 Å². The van der Waals surface area contributed by atoms with Crippen LogP contribution < -0.4 is 20.1 Å². The number of nitrogens with zero attached hydrogens (tertiary/aromatic N) is 1. The van der Waals surface area contributed by atoms with Crippen LogP contribution >= 0.6 is 0 Å². The average molecular weight is 391 g/mol. The molecule has 0 unspecified atom stereocenters. The van der Waals surface area contributed by atoms with Crippen LogP contribution in [0.25, 0.3) is 0 Å². The second-order valence-corrected chi connectivity index (χ2v) is 7.87. The summed E-state index contributed by atoms with van der Waals surface area (Å²) in [5.74, 6) is 1.42. The molecule has 2 aromatic rings. The van der Waals surface area contributed by atoms with Crippen LogP contribution in [0.15, 0.2) is 47.5 Å². The largest absolute Gasteiger partial charge is 0.496 e. The van der Waals surface area contributed by atoms with Crippen molar-refractivity contribution in [1.29, 1.82) is 0 Å². The van der Waals surface area contributed by atoms with E-state index in [9.17, 15) is 8.42 Å². The van der Waals surface area contributed by atoms with E-state index in [-0.39, 0.29) is 0 Å². The van der Waals surface area contributed by atoms with Crippen molar-refractivity contribution in [3.63, 3.8) is 0 Å². The van der Waals surface area contributed by atoms with Gasteiger partial charge in [-0.3, -0.25) is 9.71 Å². The molecule has 146 valence electrons. The van der Waals surface area contributed by atoms with Crippen LogP contribution in [0.3, 0.4) is 0 Å². The summed E-state index contributed by atoms with van der Waals surface area (Å²) in [6.07, 6.45) is 1.13. The number of methoxy groups -OCH3 is 1. The van der Waals surface area contributed by atoms with Crippen molar-refractivity contribution in [1.82, 2.24) is 10.6 Å². The lowest BCUT2D eigenvalue weighted by molar-refractivity contribution is 0.408. The fourth-order valence-corrected chi connectivity index (χ4v) is 3.15. The van der Waals surface area contributed by atoms with E-state index in [4.69, 9.17) is 4.74 Å². The molecule has 0 spiro atoms. The summed E-state index contributed by atoms with van der Waals surface area (Å²) >= 11 is 0. The monoisotopic (exact) mass is 390 g/mol. The normalized spacial score (nSPS) is 11.8. The Balaban J connectivity index is 2.01. The number of para-hydroxylation sites is 1. The van der Waals surface area contributed by atoms with Gasteiger partial charge >= 0.3 is 0 Å². The van der Waals surface area contributed by atoms with Crippen LogP contribution in [0.4, 0.5) is 5.69 Å². The van der Waals surface area contributed by atoms with Crippen LogP contribution in [0.2, 0.25) is 0 Å². The number of anilines is 1. The lowest BCUT2D eigenvalue weighted by Gasteiger charge is -2.16. The number of sulfonamides is 1. The Morgan fingerprint density at radius 2 is 1.74 bits per heavy atom. The fourth-order valence-electron chi connectivity index (χ4n) is 2.55. The van der Waals surface area contributed by atoms with E-state index < -0.39 is 10.0 Å². The van der Waals surface area contributed by atoms with Crippen LogP contribution in [0.1, 0.15) is 16.7 Å². The fraction of sp³-hybridized carbons (Fsp3) is 0.316. The summed E-state index contributed by atoms with van der Waals surface area (Å²) in [5.41, 5.74) is 3.51. The zero-order valence-electron chi connectivity index (χ0n) is 16.0. The molecule has 0 aliphatic carbocycles. The first-order valence-corrected chi connectivity index (χ1v) is 10.3. The molecule has 3 N–H and O–H groups in total. The van der Waals surface area contributed by atoms with E-state index in [1.54, 1.807) is 26.3 Å². The van der Waals surface area contributed by atoms with Crippen molar-refractivity contribution in [2.75, 3.05) is 25.1 Å². The Kier molecular flexibility index (Phi) is 7.06.